The largest absolute Gasteiger partial charge is 0.435 e. The minimum Gasteiger partial charge on any atom is -0.435 e. The van der Waals surface area contributed by atoms with E-state index in [0.29, 0.717) is 17.8 Å². The number of aldehydes is 1. The molecule has 32 heavy (non-hydrogen) atoms. The highest BCUT2D eigenvalue weighted by Crippen LogP contribution is 2.39. The minimum absolute atomic E-state index is 0.000135. The molecular weight excluding hydrogens is 437 g/mol. The van der Waals surface area contributed by atoms with Crippen molar-refractivity contribution in [2.24, 2.45) is 13.0 Å². The third-order valence-electron chi connectivity index (χ3n) is 6.15. The number of hydrogen-bond acceptors (Lipinski definition) is 5. The summed E-state index contributed by atoms with van der Waals surface area (Å²) >= 11 is 0. The highest BCUT2D eigenvalue weighted by atomic mass is 28.3. The minimum atomic E-state index is -4.67. The predicted molar refractivity (Wildman–Crippen MR) is 115 cm³/mol. The molecule has 0 unspecified atom stereocenters. The van der Waals surface area contributed by atoms with E-state index < -0.39 is 19.8 Å². The lowest BCUT2D eigenvalue weighted by atomic mass is 10.1. The maximum atomic E-state index is 13.5. The molecule has 0 spiro atoms. The Morgan fingerprint density at radius 1 is 1.22 bits per heavy atom. The Morgan fingerprint density at radius 3 is 2.62 bits per heavy atom. The Bertz CT molecular complexity index is 1340. The van der Waals surface area contributed by atoms with Gasteiger partial charge in [0.2, 0.25) is 5.89 Å². The zero-order chi connectivity index (χ0) is 22.7. The van der Waals surface area contributed by atoms with Gasteiger partial charge in [0.25, 0.3) is 0 Å². The van der Waals surface area contributed by atoms with E-state index in [1.54, 1.807) is 12.4 Å². The number of carbonyl (C=O) groups excluding carboxylic acids is 1. The molecule has 1 saturated heterocycles. The van der Waals surface area contributed by atoms with Crippen molar-refractivity contribution in [1.29, 1.82) is 0 Å². The molecule has 0 radical (unpaired) electrons. The van der Waals surface area contributed by atoms with Crippen LogP contribution in [0.5, 0.6) is 0 Å². The number of rotatable bonds is 4. The number of aryl methyl sites for hydroxylation is 1. The van der Waals surface area contributed by atoms with Crippen LogP contribution in [-0.2, 0) is 13.2 Å². The Labute approximate surface area is 182 Å². The second kappa shape index (κ2) is 7.12. The van der Waals surface area contributed by atoms with Crippen molar-refractivity contribution >= 4 is 36.1 Å². The van der Waals surface area contributed by atoms with Gasteiger partial charge in [0.15, 0.2) is 13.7 Å². The van der Waals surface area contributed by atoms with Crippen molar-refractivity contribution in [3.63, 3.8) is 0 Å². The van der Waals surface area contributed by atoms with Gasteiger partial charge < -0.3 is 8.98 Å². The number of alkyl halides is 3. The van der Waals surface area contributed by atoms with Crippen LogP contribution in [0.2, 0.25) is 12.1 Å². The van der Waals surface area contributed by atoms with Crippen LogP contribution in [0.4, 0.5) is 13.2 Å². The van der Waals surface area contributed by atoms with Crippen LogP contribution >= 0.6 is 0 Å². The third kappa shape index (κ3) is 3.17. The maximum Gasteiger partial charge on any atom is 0.420 e. The number of halogens is 3. The van der Waals surface area contributed by atoms with E-state index >= 15 is 0 Å². The first-order valence-electron chi connectivity index (χ1n) is 10.1. The lowest BCUT2D eigenvalue weighted by molar-refractivity contribution is -0.136. The molecule has 0 atom stereocenters. The molecule has 6 nitrogen and oxygen atoms in total. The molecule has 4 aromatic rings. The van der Waals surface area contributed by atoms with Crippen molar-refractivity contribution in [1.82, 2.24) is 19.7 Å². The lowest BCUT2D eigenvalue weighted by Gasteiger charge is -2.43. The summed E-state index contributed by atoms with van der Waals surface area (Å²) in [5, 5.41) is 9.58. The molecular formula is C22H19F3N4O2Si. The van der Waals surface area contributed by atoms with Crippen LogP contribution in [-0.4, -0.2) is 34.1 Å². The summed E-state index contributed by atoms with van der Waals surface area (Å²) in [5.74, 6) is 0.660. The molecule has 0 N–H and O–H groups in total. The van der Waals surface area contributed by atoms with Gasteiger partial charge in [0.1, 0.15) is 29.1 Å². The fourth-order valence-electron chi connectivity index (χ4n) is 4.80. The van der Waals surface area contributed by atoms with Crippen LogP contribution in [0, 0.1) is 5.92 Å². The summed E-state index contributed by atoms with van der Waals surface area (Å²) in [6.45, 7) is 2.20. The van der Waals surface area contributed by atoms with Gasteiger partial charge in [-0.15, -0.1) is 10.2 Å². The SMILES string of the molecule is CC1C[Si](c2cccc(-c3nc4cc(C=O)cc(C(F)(F)F)c4o3)c2)(c2nncn2C)C1. The average Bonchev–Trinajstić information content (AvgIpc) is 3.36. The van der Waals surface area contributed by atoms with Gasteiger partial charge in [-0.3, -0.25) is 4.79 Å². The number of fused-ring (bicyclic) bond motifs is 1. The van der Waals surface area contributed by atoms with Gasteiger partial charge in [-0.25, -0.2) is 4.98 Å². The monoisotopic (exact) mass is 456 g/mol. The van der Waals surface area contributed by atoms with Crippen LogP contribution in [0.25, 0.3) is 22.6 Å². The van der Waals surface area contributed by atoms with Gasteiger partial charge in [0.05, 0.1) is 0 Å². The number of hydrogen-bond donors (Lipinski definition) is 0. The summed E-state index contributed by atoms with van der Waals surface area (Å²) in [7, 11) is -0.184. The molecule has 5 rings (SSSR count). The Hall–Kier alpha value is -3.27. The van der Waals surface area contributed by atoms with Crippen molar-refractivity contribution in [3.8, 4) is 11.5 Å². The third-order valence-corrected chi connectivity index (χ3v) is 11.7. The zero-order valence-electron chi connectivity index (χ0n) is 17.3. The number of oxazole rings is 1. The molecule has 0 amide bonds. The first-order valence-corrected chi connectivity index (χ1v) is 12.5. The van der Waals surface area contributed by atoms with Gasteiger partial charge >= 0.3 is 6.18 Å². The molecule has 2 aromatic carbocycles. The first kappa shape index (κ1) is 20.6. The van der Waals surface area contributed by atoms with Crippen LogP contribution < -0.4 is 10.6 Å². The average molecular weight is 457 g/mol. The Balaban J connectivity index is 1.64. The molecule has 10 heteroatoms. The number of aromatic nitrogens is 4. The summed E-state index contributed by atoms with van der Waals surface area (Å²) in [5.41, 5.74) is 0.0922. The van der Waals surface area contributed by atoms with Crippen molar-refractivity contribution in [2.75, 3.05) is 0 Å². The molecule has 0 bridgehead atoms. The molecule has 164 valence electrons. The van der Waals surface area contributed by atoms with Gasteiger partial charge in [-0.2, -0.15) is 13.2 Å². The lowest BCUT2D eigenvalue weighted by Crippen LogP contribution is -2.68. The van der Waals surface area contributed by atoms with E-state index in [-0.39, 0.29) is 22.6 Å². The summed E-state index contributed by atoms with van der Waals surface area (Å²) < 4.78 is 48.2. The van der Waals surface area contributed by atoms with E-state index in [1.165, 1.54) is 6.07 Å². The molecule has 1 aliphatic rings. The first-order chi connectivity index (χ1) is 15.2. The van der Waals surface area contributed by atoms with E-state index in [2.05, 4.69) is 22.1 Å². The second-order valence-electron chi connectivity index (χ2n) is 8.49. The van der Waals surface area contributed by atoms with E-state index in [1.807, 2.05) is 29.8 Å². The Kier molecular flexibility index (Phi) is 4.59. The molecule has 1 aliphatic heterocycles. The van der Waals surface area contributed by atoms with Crippen LogP contribution in [0.3, 0.4) is 0 Å². The van der Waals surface area contributed by atoms with Gasteiger partial charge in [0, 0.05) is 18.2 Å². The maximum absolute atomic E-state index is 13.5. The van der Waals surface area contributed by atoms with Gasteiger partial charge in [-0.05, 0) is 47.5 Å². The fraction of sp³-hybridized carbons (Fsp3) is 0.273. The topological polar surface area (TPSA) is 73.8 Å². The van der Waals surface area contributed by atoms with Crippen molar-refractivity contribution in [3.05, 3.63) is 53.9 Å². The summed E-state index contributed by atoms with van der Waals surface area (Å²) in [6.07, 6.45) is -2.60. The highest BCUT2D eigenvalue weighted by molar-refractivity contribution is 7.03. The molecule has 2 aromatic heterocycles. The summed E-state index contributed by atoms with van der Waals surface area (Å²) in [4.78, 5) is 15.4. The highest BCUT2D eigenvalue weighted by Gasteiger charge is 2.51. The Morgan fingerprint density at radius 2 is 2.00 bits per heavy atom. The number of carbonyl (C=O) groups is 1. The quantitative estimate of drug-likeness (QED) is 0.346. The second-order valence-corrected chi connectivity index (χ2v) is 12.5. The molecule has 1 fully saturated rings. The smallest absolute Gasteiger partial charge is 0.420 e. The molecule has 3 heterocycles. The number of benzene rings is 2. The van der Waals surface area contributed by atoms with Crippen LogP contribution in [0.15, 0.2) is 47.1 Å². The van der Waals surface area contributed by atoms with E-state index in [9.17, 15) is 18.0 Å². The fourth-order valence-corrected chi connectivity index (χ4v) is 9.98. The van der Waals surface area contributed by atoms with Crippen LogP contribution in [0.1, 0.15) is 22.8 Å². The van der Waals surface area contributed by atoms with Gasteiger partial charge in [-0.1, -0.05) is 19.1 Å². The molecule has 0 aliphatic carbocycles. The normalized spacial score (nSPS) is 21.0. The van der Waals surface area contributed by atoms with Crippen molar-refractivity contribution in [2.45, 2.75) is 25.2 Å². The summed E-state index contributed by atoms with van der Waals surface area (Å²) in [6, 6.07) is 11.8. The van der Waals surface area contributed by atoms with E-state index in [4.69, 9.17) is 4.42 Å². The van der Waals surface area contributed by atoms with E-state index in [0.717, 1.165) is 28.8 Å². The zero-order valence-corrected chi connectivity index (χ0v) is 18.3. The number of nitrogens with zero attached hydrogens (tertiary/aromatic N) is 4. The van der Waals surface area contributed by atoms with Crippen molar-refractivity contribution < 1.29 is 22.4 Å². The molecule has 0 saturated carbocycles. The predicted octanol–water partition coefficient (Wildman–Crippen LogP) is 3.67. The standard InChI is InChI=1S/C22H19F3N4O2Si/c1-13-10-32(11-13,21-28-26-12-29(21)2)16-5-3-4-15(8-16)20-27-18-7-14(9-30)6-17(19(18)31-20)22(23,24)25/h3-9,12-13H,10-11H2,1-2H3.